The molecule has 0 unspecified atom stereocenters. The van der Waals surface area contributed by atoms with Gasteiger partial charge in [-0.15, -0.1) is 0 Å². The molecule has 1 aromatic rings. The standard InChI is InChI=1S/C10H6Cl2O.C2H6.CH5N/c11-9-5-4-8(7-10(9)12)3-1-2-6-13;2*1-2/h4-7H,2H2;1-2H3;2H2,1H3. The molecule has 0 saturated heterocycles. The molecule has 2 N–H and O–H groups in total. The molecule has 0 fully saturated rings. The van der Waals surface area contributed by atoms with Crippen LogP contribution >= 0.6 is 23.2 Å². The summed E-state index contributed by atoms with van der Waals surface area (Å²) in [7, 11) is 1.50. The molecule has 0 spiro atoms. The van der Waals surface area contributed by atoms with E-state index in [0.29, 0.717) is 10.0 Å². The van der Waals surface area contributed by atoms with Gasteiger partial charge in [0, 0.05) is 5.56 Å². The fourth-order valence-corrected chi connectivity index (χ4v) is 1.07. The maximum atomic E-state index is 9.97. The number of hydrogen-bond acceptors (Lipinski definition) is 2. The van der Waals surface area contributed by atoms with Crippen LogP contribution in [0, 0.1) is 11.8 Å². The highest BCUT2D eigenvalue weighted by atomic mass is 35.5. The van der Waals surface area contributed by atoms with E-state index in [1.54, 1.807) is 18.2 Å². The molecule has 0 aliphatic heterocycles. The molecule has 0 atom stereocenters. The van der Waals surface area contributed by atoms with E-state index in [2.05, 4.69) is 17.6 Å². The van der Waals surface area contributed by atoms with Gasteiger partial charge in [-0.2, -0.15) is 0 Å². The van der Waals surface area contributed by atoms with Crippen molar-refractivity contribution in [2.45, 2.75) is 20.3 Å². The van der Waals surface area contributed by atoms with E-state index >= 15 is 0 Å². The van der Waals surface area contributed by atoms with E-state index < -0.39 is 0 Å². The highest BCUT2D eigenvalue weighted by molar-refractivity contribution is 6.42. The van der Waals surface area contributed by atoms with Crippen LogP contribution < -0.4 is 5.73 Å². The van der Waals surface area contributed by atoms with Crippen molar-refractivity contribution in [1.29, 1.82) is 0 Å². The van der Waals surface area contributed by atoms with E-state index in [1.165, 1.54) is 7.05 Å². The molecule has 94 valence electrons. The van der Waals surface area contributed by atoms with Gasteiger partial charge in [0.25, 0.3) is 0 Å². The van der Waals surface area contributed by atoms with Gasteiger partial charge >= 0.3 is 0 Å². The Morgan fingerprint density at radius 2 is 1.82 bits per heavy atom. The highest BCUT2D eigenvalue weighted by Gasteiger charge is 1.95. The summed E-state index contributed by atoms with van der Waals surface area (Å²) in [4.78, 5) is 9.97. The number of nitrogens with two attached hydrogens (primary N) is 1. The van der Waals surface area contributed by atoms with E-state index in [0.717, 1.165) is 11.8 Å². The van der Waals surface area contributed by atoms with Crippen LogP contribution in [-0.4, -0.2) is 13.3 Å². The highest BCUT2D eigenvalue weighted by Crippen LogP contribution is 2.21. The fraction of sp³-hybridized carbons (Fsp3) is 0.308. The molecule has 1 rings (SSSR count). The molecular formula is C13H17Cl2NO. The van der Waals surface area contributed by atoms with Crippen LogP contribution in [0.15, 0.2) is 18.2 Å². The summed E-state index contributed by atoms with van der Waals surface area (Å²) in [6.07, 6.45) is 0.991. The van der Waals surface area contributed by atoms with Crippen LogP contribution in [0.5, 0.6) is 0 Å². The van der Waals surface area contributed by atoms with Crippen molar-refractivity contribution in [3.63, 3.8) is 0 Å². The third kappa shape index (κ3) is 8.76. The third-order valence-corrected chi connectivity index (χ3v) is 2.08. The van der Waals surface area contributed by atoms with Crippen molar-refractivity contribution in [3.05, 3.63) is 33.8 Å². The van der Waals surface area contributed by atoms with E-state index in [9.17, 15) is 4.79 Å². The number of halogens is 2. The Hall–Kier alpha value is -1.01. The Balaban J connectivity index is 0. The van der Waals surface area contributed by atoms with E-state index in [1.807, 2.05) is 13.8 Å². The van der Waals surface area contributed by atoms with Gasteiger partial charge in [0.15, 0.2) is 0 Å². The molecule has 0 radical (unpaired) electrons. The van der Waals surface area contributed by atoms with Crippen molar-refractivity contribution >= 4 is 29.5 Å². The quantitative estimate of drug-likeness (QED) is 0.628. The monoisotopic (exact) mass is 273 g/mol. The summed E-state index contributed by atoms with van der Waals surface area (Å²) in [6, 6.07) is 5.10. The minimum absolute atomic E-state index is 0.236. The summed E-state index contributed by atoms with van der Waals surface area (Å²) in [5.74, 6) is 5.47. The smallest absolute Gasteiger partial charge is 0.131 e. The maximum Gasteiger partial charge on any atom is 0.131 e. The zero-order valence-corrected chi connectivity index (χ0v) is 11.8. The van der Waals surface area contributed by atoms with Crippen LogP contribution in [-0.2, 0) is 4.79 Å². The Kier molecular flexibility index (Phi) is 14.1. The van der Waals surface area contributed by atoms with Crippen LogP contribution in [0.3, 0.4) is 0 Å². The van der Waals surface area contributed by atoms with Gasteiger partial charge in [0.05, 0.1) is 16.5 Å². The molecule has 0 aromatic heterocycles. The van der Waals surface area contributed by atoms with Gasteiger partial charge in [-0.3, -0.25) is 0 Å². The topological polar surface area (TPSA) is 43.1 Å². The van der Waals surface area contributed by atoms with Crippen LogP contribution in [0.2, 0.25) is 10.0 Å². The van der Waals surface area contributed by atoms with Gasteiger partial charge in [-0.25, -0.2) is 0 Å². The maximum absolute atomic E-state index is 9.97. The summed E-state index contributed by atoms with van der Waals surface area (Å²) >= 11 is 11.5. The van der Waals surface area contributed by atoms with Crippen molar-refractivity contribution < 1.29 is 4.79 Å². The zero-order valence-electron chi connectivity index (χ0n) is 10.3. The number of carbonyl (C=O) groups is 1. The second kappa shape index (κ2) is 13.1. The average molecular weight is 274 g/mol. The van der Waals surface area contributed by atoms with E-state index in [4.69, 9.17) is 23.2 Å². The van der Waals surface area contributed by atoms with Crippen molar-refractivity contribution in [1.82, 2.24) is 0 Å². The molecule has 0 saturated carbocycles. The van der Waals surface area contributed by atoms with Crippen molar-refractivity contribution in [2.24, 2.45) is 5.73 Å². The predicted octanol–water partition coefficient (Wildman–Crippen LogP) is 3.54. The first kappa shape index (κ1) is 18.4. The van der Waals surface area contributed by atoms with Gasteiger partial charge in [-0.1, -0.05) is 48.9 Å². The average Bonchev–Trinajstić information content (AvgIpc) is 2.39. The Labute approximate surface area is 113 Å². The van der Waals surface area contributed by atoms with Gasteiger partial charge in [0.1, 0.15) is 6.29 Å². The minimum Gasteiger partial charge on any atom is -0.333 e. The lowest BCUT2D eigenvalue weighted by Crippen LogP contribution is -1.75. The van der Waals surface area contributed by atoms with Crippen molar-refractivity contribution in [3.8, 4) is 11.8 Å². The summed E-state index contributed by atoms with van der Waals surface area (Å²) < 4.78 is 0. The predicted molar refractivity (Wildman–Crippen MR) is 75.5 cm³/mol. The lowest BCUT2D eigenvalue weighted by molar-refractivity contribution is -0.107. The fourth-order valence-electron chi connectivity index (χ4n) is 0.769. The zero-order chi connectivity index (χ0) is 13.7. The van der Waals surface area contributed by atoms with Crippen LogP contribution in [0.25, 0.3) is 0 Å². The largest absolute Gasteiger partial charge is 0.333 e. The SMILES string of the molecule is CC.CN.O=CCC#Cc1ccc(Cl)c(Cl)c1. The number of benzene rings is 1. The molecule has 0 aliphatic carbocycles. The second-order valence-corrected chi connectivity index (χ2v) is 3.12. The third-order valence-electron chi connectivity index (χ3n) is 1.34. The molecule has 17 heavy (non-hydrogen) atoms. The van der Waals surface area contributed by atoms with Crippen LogP contribution in [0.4, 0.5) is 0 Å². The molecule has 0 heterocycles. The normalized spacial score (nSPS) is 7.41. The molecular weight excluding hydrogens is 257 g/mol. The van der Waals surface area contributed by atoms with Gasteiger partial charge in [0.2, 0.25) is 0 Å². The number of carbonyl (C=O) groups excluding carboxylic acids is 1. The van der Waals surface area contributed by atoms with Crippen LogP contribution in [0.1, 0.15) is 25.8 Å². The summed E-state index contributed by atoms with van der Waals surface area (Å²) in [6.45, 7) is 4.00. The first-order chi connectivity index (χ1) is 8.24. The number of aldehydes is 1. The Bertz CT molecular complexity index is 381. The molecule has 1 aromatic carbocycles. The van der Waals surface area contributed by atoms with E-state index in [-0.39, 0.29) is 6.42 Å². The number of hydrogen-bond donors (Lipinski definition) is 1. The minimum atomic E-state index is 0.236. The summed E-state index contributed by atoms with van der Waals surface area (Å²) in [5, 5.41) is 0.974. The Morgan fingerprint density at radius 1 is 1.24 bits per heavy atom. The molecule has 2 nitrogen and oxygen atoms in total. The Morgan fingerprint density at radius 3 is 2.29 bits per heavy atom. The second-order valence-electron chi connectivity index (χ2n) is 2.30. The van der Waals surface area contributed by atoms with Gasteiger partial charge < -0.3 is 10.5 Å². The molecule has 0 bridgehead atoms. The first-order valence-corrected chi connectivity index (χ1v) is 5.95. The lowest BCUT2D eigenvalue weighted by Gasteiger charge is -1.94. The lowest BCUT2D eigenvalue weighted by atomic mass is 10.2. The molecule has 0 amide bonds. The molecule has 0 aliphatic rings. The molecule has 4 heteroatoms. The van der Waals surface area contributed by atoms with Crippen molar-refractivity contribution in [2.75, 3.05) is 7.05 Å². The summed E-state index contributed by atoms with van der Waals surface area (Å²) in [5.41, 5.74) is 5.26. The first-order valence-electron chi connectivity index (χ1n) is 5.19. The van der Waals surface area contributed by atoms with Gasteiger partial charge in [-0.05, 0) is 25.2 Å². The number of rotatable bonds is 1.